The number of aryl methyl sites for hydroxylation is 2. The zero-order chi connectivity index (χ0) is 19.2. The molecule has 4 nitrogen and oxygen atoms in total. The van der Waals surface area contributed by atoms with Gasteiger partial charge in [-0.25, -0.2) is 17.2 Å². The fourth-order valence-corrected chi connectivity index (χ4v) is 4.27. The molecule has 0 aliphatic heterocycles. The summed E-state index contributed by atoms with van der Waals surface area (Å²) in [7, 11) is -4.05. The van der Waals surface area contributed by atoms with Crippen LogP contribution in [0.2, 0.25) is 0 Å². The van der Waals surface area contributed by atoms with Crippen LogP contribution in [0.3, 0.4) is 0 Å². The molecule has 3 aromatic rings. The SMILES string of the molecule is Cc1ccc(-n2c(-c3cc(F)c(S(C)(=O)=O)c(F)c3)csc2=O)cc1C. The second-order valence-electron chi connectivity index (χ2n) is 6.03. The van der Waals surface area contributed by atoms with Crippen molar-refractivity contribution in [2.24, 2.45) is 0 Å². The maximum absolute atomic E-state index is 14.2. The van der Waals surface area contributed by atoms with Gasteiger partial charge in [0, 0.05) is 17.2 Å². The predicted molar refractivity (Wildman–Crippen MR) is 97.9 cm³/mol. The van der Waals surface area contributed by atoms with E-state index in [4.69, 9.17) is 0 Å². The van der Waals surface area contributed by atoms with E-state index in [2.05, 4.69) is 0 Å². The highest BCUT2D eigenvalue weighted by Gasteiger charge is 2.22. The average molecular weight is 395 g/mol. The summed E-state index contributed by atoms with van der Waals surface area (Å²) in [6.45, 7) is 3.83. The summed E-state index contributed by atoms with van der Waals surface area (Å²) >= 11 is 0.896. The van der Waals surface area contributed by atoms with Crippen LogP contribution in [0.25, 0.3) is 16.9 Å². The third-order valence-electron chi connectivity index (χ3n) is 4.11. The molecule has 0 bridgehead atoms. The first-order valence-corrected chi connectivity index (χ1v) is 10.3. The molecule has 26 heavy (non-hydrogen) atoms. The molecule has 1 heterocycles. The molecular formula is C18H15F2NO3S2. The van der Waals surface area contributed by atoms with Crippen molar-refractivity contribution in [2.75, 3.05) is 6.26 Å². The number of nitrogens with zero attached hydrogens (tertiary/aromatic N) is 1. The molecule has 0 spiro atoms. The van der Waals surface area contributed by atoms with E-state index in [9.17, 15) is 22.0 Å². The number of benzene rings is 2. The summed E-state index contributed by atoms with van der Waals surface area (Å²) in [5.41, 5.74) is 2.97. The molecule has 8 heteroatoms. The molecule has 3 rings (SSSR count). The smallest absolute Gasteiger partial charge is 0.267 e. The molecule has 0 aliphatic rings. The minimum absolute atomic E-state index is 0.0870. The molecule has 136 valence electrons. The summed E-state index contributed by atoms with van der Waals surface area (Å²) in [6, 6.07) is 7.27. The Bertz CT molecular complexity index is 1150. The highest BCUT2D eigenvalue weighted by molar-refractivity contribution is 7.90. The Balaban J connectivity index is 2.24. The number of thiazole rings is 1. The first-order chi connectivity index (χ1) is 12.1. The second-order valence-corrected chi connectivity index (χ2v) is 8.81. The number of rotatable bonds is 3. The van der Waals surface area contributed by atoms with Gasteiger partial charge in [-0.05, 0) is 49.2 Å². The van der Waals surface area contributed by atoms with Crippen LogP contribution in [-0.2, 0) is 9.84 Å². The van der Waals surface area contributed by atoms with Crippen LogP contribution in [0.15, 0.2) is 45.4 Å². The normalized spacial score (nSPS) is 11.7. The molecule has 0 saturated heterocycles. The topological polar surface area (TPSA) is 56.1 Å². The van der Waals surface area contributed by atoms with Gasteiger partial charge in [-0.1, -0.05) is 17.4 Å². The lowest BCUT2D eigenvalue weighted by atomic mass is 10.1. The van der Waals surface area contributed by atoms with E-state index in [0.717, 1.165) is 40.9 Å². The van der Waals surface area contributed by atoms with Crippen LogP contribution in [0.1, 0.15) is 11.1 Å². The lowest BCUT2D eigenvalue weighted by Crippen LogP contribution is -2.12. The van der Waals surface area contributed by atoms with Gasteiger partial charge >= 0.3 is 4.87 Å². The summed E-state index contributed by atoms with van der Waals surface area (Å²) in [5, 5.41) is 1.49. The van der Waals surface area contributed by atoms with Gasteiger partial charge in [0.15, 0.2) is 9.84 Å². The van der Waals surface area contributed by atoms with Crippen LogP contribution >= 0.6 is 11.3 Å². The lowest BCUT2D eigenvalue weighted by Gasteiger charge is -2.11. The van der Waals surface area contributed by atoms with Crippen molar-refractivity contribution in [3.8, 4) is 16.9 Å². The van der Waals surface area contributed by atoms with Gasteiger partial charge in [0.1, 0.15) is 16.5 Å². The van der Waals surface area contributed by atoms with E-state index < -0.39 is 26.4 Å². The van der Waals surface area contributed by atoms with Crippen LogP contribution in [-0.4, -0.2) is 19.2 Å². The van der Waals surface area contributed by atoms with Crippen molar-refractivity contribution in [3.63, 3.8) is 0 Å². The van der Waals surface area contributed by atoms with Gasteiger partial charge < -0.3 is 0 Å². The summed E-state index contributed by atoms with van der Waals surface area (Å²) in [5.74, 6) is -2.37. The number of aromatic nitrogens is 1. The summed E-state index contributed by atoms with van der Waals surface area (Å²) in [4.78, 5) is 11.0. The molecule has 0 radical (unpaired) electrons. The van der Waals surface area contributed by atoms with E-state index in [0.29, 0.717) is 11.4 Å². The van der Waals surface area contributed by atoms with E-state index in [1.807, 2.05) is 26.0 Å². The fourth-order valence-electron chi connectivity index (χ4n) is 2.68. The van der Waals surface area contributed by atoms with Crippen LogP contribution < -0.4 is 4.87 Å². The Morgan fingerprint density at radius 2 is 1.62 bits per heavy atom. The quantitative estimate of drug-likeness (QED) is 0.677. The number of hydrogen-bond acceptors (Lipinski definition) is 4. The van der Waals surface area contributed by atoms with Crippen molar-refractivity contribution in [3.05, 3.63) is 68.1 Å². The Labute approximate surface area is 153 Å². The molecule has 0 aliphatic carbocycles. The van der Waals surface area contributed by atoms with Gasteiger partial charge in [-0.3, -0.25) is 9.36 Å². The standard InChI is InChI=1S/C18H15F2NO3S2/c1-10-4-5-13(6-11(10)2)21-16(9-25-18(21)22)12-7-14(19)17(15(20)8-12)26(3,23)24/h4-9H,1-3H3. The fraction of sp³-hybridized carbons (Fsp3) is 0.167. The van der Waals surface area contributed by atoms with E-state index in [1.54, 1.807) is 6.07 Å². The maximum atomic E-state index is 14.2. The third-order valence-corrected chi connectivity index (χ3v) is 5.97. The molecule has 0 saturated carbocycles. The van der Waals surface area contributed by atoms with Crippen molar-refractivity contribution in [2.45, 2.75) is 18.7 Å². The second kappa shape index (κ2) is 6.44. The average Bonchev–Trinajstić information content (AvgIpc) is 2.89. The Hall–Kier alpha value is -2.32. The molecule has 0 N–H and O–H groups in total. The monoisotopic (exact) mass is 395 g/mol. The number of sulfone groups is 1. The summed E-state index contributed by atoms with van der Waals surface area (Å²) in [6.07, 6.45) is 0.740. The Morgan fingerprint density at radius 3 is 2.15 bits per heavy atom. The Kier molecular flexibility index (Phi) is 4.58. The van der Waals surface area contributed by atoms with Gasteiger partial charge in [0.05, 0.1) is 11.4 Å². The van der Waals surface area contributed by atoms with Gasteiger partial charge in [0.25, 0.3) is 0 Å². The maximum Gasteiger partial charge on any atom is 0.312 e. The zero-order valence-electron chi connectivity index (χ0n) is 14.2. The van der Waals surface area contributed by atoms with Crippen molar-refractivity contribution in [1.82, 2.24) is 4.57 Å². The Morgan fingerprint density at radius 1 is 1.00 bits per heavy atom. The number of hydrogen-bond donors (Lipinski definition) is 0. The van der Waals surface area contributed by atoms with Crippen LogP contribution in [0.4, 0.5) is 8.78 Å². The molecule has 0 amide bonds. The van der Waals surface area contributed by atoms with Gasteiger partial charge in [0.2, 0.25) is 0 Å². The highest BCUT2D eigenvalue weighted by atomic mass is 32.2. The van der Waals surface area contributed by atoms with E-state index in [-0.39, 0.29) is 10.4 Å². The molecular weight excluding hydrogens is 380 g/mol. The zero-order valence-corrected chi connectivity index (χ0v) is 15.8. The molecule has 2 aromatic carbocycles. The minimum Gasteiger partial charge on any atom is -0.267 e. The number of halogens is 2. The largest absolute Gasteiger partial charge is 0.312 e. The first-order valence-electron chi connectivity index (χ1n) is 7.57. The highest BCUT2D eigenvalue weighted by Crippen LogP contribution is 2.29. The van der Waals surface area contributed by atoms with E-state index >= 15 is 0 Å². The van der Waals surface area contributed by atoms with Crippen molar-refractivity contribution >= 4 is 21.2 Å². The van der Waals surface area contributed by atoms with Gasteiger partial charge in [-0.2, -0.15) is 0 Å². The summed E-state index contributed by atoms with van der Waals surface area (Å²) < 4.78 is 52.9. The molecule has 0 unspecified atom stereocenters. The van der Waals surface area contributed by atoms with Crippen molar-refractivity contribution in [1.29, 1.82) is 0 Å². The predicted octanol–water partition coefficient (Wildman–Crippen LogP) is 3.86. The van der Waals surface area contributed by atoms with Crippen LogP contribution in [0.5, 0.6) is 0 Å². The third kappa shape index (κ3) is 3.22. The van der Waals surface area contributed by atoms with Crippen LogP contribution in [0, 0.1) is 25.5 Å². The minimum atomic E-state index is -4.05. The first kappa shape index (κ1) is 18.5. The van der Waals surface area contributed by atoms with Gasteiger partial charge in [-0.15, -0.1) is 0 Å². The van der Waals surface area contributed by atoms with E-state index in [1.165, 1.54) is 9.95 Å². The molecule has 1 aromatic heterocycles. The lowest BCUT2D eigenvalue weighted by molar-refractivity contribution is 0.522. The molecule has 0 fully saturated rings. The van der Waals surface area contributed by atoms with Crippen molar-refractivity contribution < 1.29 is 17.2 Å². The molecule has 0 atom stereocenters.